The number of hydrogen-bond acceptors (Lipinski definition) is 5. The fourth-order valence-corrected chi connectivity index (χ4v) is 0.505. The first-order chi connectivity index (χ1) is 6.20. The van der Waals surface area contributed by atoms with Crippen molar-refractivity contribution in [3.63, 3.8) is 0 Å². The highest BCUT2D eigenvalue weighted by Gasteiger charge is 1.98. The molecule has 0 aromatic carbocycles. The summed E-state index contributed by atoms with van der Waals surface area (Å²) in [5, 5.41) is 8.16. The maximum absolute atomic E-state index is 10.9. The summed E-state index contributed by atoms with van der Waals surface area (Å²) in [5.41, 5.74) is 9.88. The quantitative estimate of drug-likeness (QED) is 0.374. The lowest BCUT2D eigenvalue weighted by atomic mass is 10.4. The van der Waals surface area contributed by atoms with E-state index in [0.29, 0.717) is 6.61 Å². The minimum atomic E-state index is -0.254. The maximum atomic E-state index is 10.9. The van der Waals surface area contributed by atoms with Crippen LogP contribution in [0.1, 0.15) is 6.42 Å². The zero-order chi connectivity index (χ0) is 10.1. The zero-order valence-corrected chi connectivity index (χ0v) is 7.33. The van der Waals surface area contributed by atoms with Crippen molar-refractivity contribution in [1.29, 1.82) is 5.26 Å². The standard InChI is InChI=1S/C7H12N4O2/c1-13-5-3-7(12)11-10-6(9)2-4-8/h2,10H,3,5,9H2,1H3,(H,11,12)/b6-2-. The number of hydrazine groups is 1. The number of nitrogens with two attached hydrogens (primary N) is 1. The minimum Gasteiger partial charge on any atom is -0.384 e. The molecule has 72 valence electrons. The highest BCUT2D eigenvalue weighted by molar-refractivity contribution is 5.75. The van der Waals surface area contributed by atoms with Crippen molar-refractivity contribution >= 4 is 5.91 Å². The van der Waals surface area contributed by atoms with Crippen LogP contribution in [-0.2, 0) is 9.53 Å². The van der Waals surface area contributed by atoms with Gasteiger partial charge in [-0.1, -0.05) is 0 Å². The van der Waals surface area contributed by atoms with Crippen LogP contribution in [0.5, 0.6) is 0 Å². The second kappa shape index (κ2) is 6.94. The van der Waals surface area contributed by atoms with Gasteiger partial charge in [0.25, 0.3) is 0 Å². The Morgan fingerprint density at radius 1 is 1.69 bits per heavy atom. The molecule has 6 heteroatoms. The Balaban J connectivity index is 3.59. The molecule has 0 aromatic heterocycles. The summed E-state index contributed by atoms with van der Waals surface area (Å²) in [6, 6.07) is 1.71. The number of carbonyl (C=O) groups is 1. The summed E-state index contributed by atoms with van der Waals surface area (Å²) < 4.78 is 4.68. The largest absolute Gasteiger partial charge is 0.384 e. The first kappa shape index (κ1) is 11.3. The second-order valence-electron chi connectivity index (χ2n) is 2.14. The molecule has 0 spiro atoms. The van der Waals surface area contributed by atoms with Gasteiger partial charge < -0.3 is 10.5 Å². The molecule has 0 rings (SSSR count). The van der Waals surface area contributed by atoms with E-state index in [-0.39, 0.29) is 18.1 Å². The molecule has 0 aliphatic rings. The van der Waals surface area contributed by atoms with Crippen molar-refractivity contribution in [2.45, 2.75) is 6.42 Å². The van der Waals surface area contributed by atoms with E-state index in [9.17, 15) is 4.79 Å². The van der Waals surface area contributed by atoms with Crippen molar-refractivity contribution in [3.05, 3.63) is 11.9 Å². The Kier molecular flexibility index (Phi) is 6.01. The lowest BCUT2D eigenvalue weighted by Crippen LogP contribution is -2.39. The van der Waals surface area contributed by atoms with Gasteiger partial charge >= 0.3 is 0 Å². The SMILES string of the molecule is COCCC(=O)NN/C(N)=C\C#N. The summed E-state index contributed by atoms with van der Waals surface area (Å²) in [5.74, 6) is -0.163. The molecule has 0 radical (unpaired) electrons. The molecule has 0 unspecified atom stereocenters. The molecule has 6 nitrogen and oxygen atoms in total. The lowest BCUT2D eigenvalue weighted by molar-refractivity contribution is -0.122. The topological polar surface area (TPSA) is 100 Å². The Labute approximate surface area is 76.3 Å². The summed E-state index contributed by atoms with van der Waals surface area (Å²) in [6.07, 6.45) is 1.32. The molecule has 0 aromatic rings. The van der Waals surface area contributed by atoms with Crippen LogP contribution in [0, 0.1) is 11.3 Å². The Hall–Kier alpha value is -1.74. The lowest BCUT2D eigenvalue weighted by Gasteiger charge is -2.06. The predicted octanol–water partition coefficient (Wildman–Crippen LogP) is -1.03. The average Bonchev–Trinajstić information content (AvgIpc) is 2.12. The van der Waals surface area contributed by atoms with Gasteiger partial charge in [-0.2, -0.15) is 5.26 Å². The average molecular weight is 184 g/mol. The summed E-state index contributed by atoms with van der Waals surface area (Å²) in [7, 11) is 1.50. The van der Waals surface area contributed by atoms with Crippen LogP contribution in [0.25, 0.3) is 0 Å². The van der Waals surface area contributed by atoms with Crippen LogP contribution in [0.4, 0.5) is 0 Å². The molecule has 1 amide bonds. The van der Waals surface area contributed by atoms with Gasteiger partial charge in [-0.25, -0.2) is 0 Å². The number of nitrogens with one attached hydrogen (secondary N) is 2. The molecule has 0 saturated heterocycles. The number of nitrogens with zero attached hydrogens (tertiary/aromatic N) is 1. The van der Waals surface area contributed by atoms with Crippen molar-refractivity contribution < 1.29 is 9.53 Å². The fraction of sp³-hybridized carbons (Fsp3) is 0.429. The molecule has 0 aliphatic heterocycles. The molecule has 0 saturated carbocycles. The van der Waals surface area contributed by atoms with Gasteiger partial charge in [0.2, 0.25) is 5.91 Å². The van der Waals surface area contributed by atoms with Crippen molar-refractivity contribution in [2.24, 2.45) is 5.73 Å². The molecule has 0 heterocycles. The van der Waals surface area contributed by atoms with E-state index in [2.05, 4.69) is 15.6 Å². The van der Waals surface area contributed by atoms with Crippen molar-refractivity contribution in [2.75, 3.05) is 13.7 Å². The number of amides is 1. The van der Waals surface area contributed by atoms with E-state index >= 15 is 0 Å². The number of hydrogen-bond donors (Lipinski definition) is 3. The zero-order valence-electron chi connectivity index (χ0n) is 7.33. The Morgan fingerprint density at radius 2 is 2.38 bits per heavy atom. The third kappa shape index (κ3) is 6.65. The molecule has 0 bridgehead atoms. The van der Waals surface area contributed by atoms with Crippen molar-refractivity contribution in [1.82, 2.24) is 10.9 Å². The van der Waals surface area contributed by atoms with Crippen LogP contribution in [0.3, 0.4) is 0 Å². The highest BCUT2D eigenvalue weighted by atomic mass is 16.5. The molecule has 0 atom stereocenters. The summed E-state index contributed by atoms with van der Waals surface area (Å²) >= 11 is 0. The van der Waals surface area contributed by atoms with E-state index in [1.807, 2.05) is 0 Å². The van der Waals surface area contributed by atoms with Crippen LogP contribution >= 0.6 is 0 Å². The smallest absolute Gasteiger partial charge is 0.240 e. The fourth-order valence-electron chi connectivity index (χ4n) is 0.505. The molecule has 13 heavy (non-hydrogen) atoms. The second-order valence-corrected chi connectivity index (χ2v) is 2.14. The van der Waals surface area contributed by atoms with Gasteiger partial charge in [0.05, 0.1) is 25.2 Å². The first-order valence-corrected chi connectivity index (χ1v) is 3.59. The van der Waals surface area contributed by atoms with E-state index in [4.69, 9.17) is 11.0 Å². The third-order valence-corrected chi connectivity index (χ3v) is 1.10. The molecular weight excluding hydrogens is 172 g/mol. The molecular formula is C7H12N4O2. The van der Waals surface area contributed by atoms with Gasteiger partial charge in [-0.15, -0.1) is 0 Å². The maximum Gasteiger partial charge on any atom is 0.240 e. The van der Waals surface area contributed by atoms with Crippen LogP contribution in [0.2, 0.25) is 0 Å². The van der Waals surface area contributed by atoms with Gasteiger partial charge in [-0.3, -0.25) is 15.6 Å². The van der Waals surface area contributed by atoms with Gasteiger partial charge in [0, 0.05) is 7.11 Å². The Bertz CT molecular complexity index is 231. The van der Waals surface area contributed by atoms with Gasteiger partial charge in [0.15, 0.2) is 0 Å². The summed E-state index contributed by atoms with van der Waals surface area (Å²) in [4.78, 5) is 10.9. The third-order valence-electron chi connectivity index (χ3n) is 1.10. The Morgan fingerprint density at radius 3 is 2.92 bits per heavy atom. The minimum absolute atomic E-state index is 0.0910. The van der Waals surface area contributed by atoms with Crippen LogP contribution in [-0.4, -0.2) is 19.6 Å². The van der Waals surface area contributed by atoms with Crippen molar-refractivity contribution in [3.8, 4) is 6.07 Å². The number of carbonyl (C=O) groups excluding carboxylic acids is 1. The van der Waals surface area contributed by atoms with E-state index in [1.165, 1.54) is 7.11 Å². The van der Waals surface area contributed by atoms with Crippen LogP contribution < -0.4 is 16.6 Å². The van der Waals surface area contributed by atoms with Gasteiger partial charge in [-0.05, 0) is 0 Å². The van der Waals surface area contributed by atoms with E-state index < -0.39 is 0 Å². The van der Waals surface area contributed by atoms with E-state index in [1.54, 1.807) is 6.07 Å². The van der Waals surface area contributed by atoms with E-state index in [0.717, 1.165) is 6.08 Å². The number of allylic oxidation sites excluding steroid dienone is 1. The highest BCUT2D eigenvalue weighted by Crippen LogP contribution is 1.79. The predicted molar refractivity (Wildman–Crippen MR) is 45.7 cm³/mol. The molecule has 4 N–H and O–H groups in total. The molecule has 0 fully saturated rings. The number of ether oxygens (including phenoxy) is 1. The first-order valence-electron chi connectivity index (χ1n) is 3.59. The van der Waals surface area contributed by atoms with Crippen LogP contribution in [0.15, 0.2) is 11.9 Å². The summed E-state index contributed by atoms with van der Waals surface area (Å²) in [6.45, 7) is 0.343. The number of nitriles is 1. The number of rotatable bonds is 5. The molecule has 0 aliphatic carbocycles. The monoisotopic (exact) mass is 184 g/mol. The normalized spacial score (nSPS) is 10.3. The number of methoxy groups -OCH3 is 1. The van der Waals surface area contributed by atoms with Gasteiger partial charge in [0.1, 0.15) is 5.82 Å².